The first-order valence-electron chi connectivity index (χ1n) is 12.5. The largest absolute Gasteiger partial charge is 4.00 e. The molecule has 6 rings (SSSR count). The molecule has 0 fully saturated rings. The molecule has 0 aliphatic heterocycles. The summed E-state index contributed by atoms with van der Waals surface area (Å²) in [6, 6.07) is 50.5. The summed E-state index contributed by atoms with van der Waals surface area (Å²) in [4.78, 5) is 0. The van der Waals surface area contributed by atoms with Crippen molar-refractivity contribution >= 4 is 41.4 Å². The van der Waals surface area contributed by atoms with E-state index in [0.717, 1.165) is 9.52 Å². The van der Waals surface area contributed by atoms with E-state index in [9.17, 15) is 0 Å². The molecule has 6 aromatic rings. The van der Waals surface area contributed by atoms with Crippen LogP contribution in [0.3, 0.4) is 0 Å². The molecule has 0 aliphatic rings. The van der Waals surface area contributed by atoms with Gasteiger partial charge in [0, 0.05) is 0 Å². The third-order valence-corrected chi connectivity index (χ3v) is 6.18. The summed E-state index contributed by atoms with van der Waals surface area (Å²) >= 11 is 0. The summed E-state index contributed by atoms with van der Waals surface area (Å²) in [5, 5.41) is 26.0. The zero-order chi connectivity index (χ0) is 26.6. The predicted molar refractivity (Wildman–Crippen MR) is 158 cm³/mol. The normalized spacial score (nSPS) is 9.16. The van der Waals surface area contributed by atoms with Crippen molar-refractivity contribution in [3.63, 3.8) is 0 Å². The van der Waals surface area contributed by atoms with Crippen molar-refractivity contribution < 1.29 is 36.4 Å². The van der Waals surface area contributed by atoms with Crippen LogP contribution in [-0.2, 0) is 26.2 Å². The van der Waals surface area contributed by atoms with Crippen LogP contribution < -0.4 is 20.6 Å². The zero-order valence-corrected chi connectivity index (χ0v) is 25.5. The third kappa shape index (κ3) is 13.1. The van der Waals surface area contributed by atoms with Crippen LogP contribution in [0.4, 0.5) is 0 Å². The average molecular weight is 594 g/mol. The van der Waals surface area contributed by atoms with Crippen LogP contribution in [-0.4, -0.2) is 22.7 Å². The fourth-order valence-electron chi connectivity index (χ4n) is 3.35. The first kappa shape index (κ1) is 33.1. The van der Waals surface area contributed by atoms with Crippen molar-refractivity contribution in [2.24, 2.45) is 0 Å². The number of fused-ring (bicyclic) bond motifs is 2. The molecule has 0 saturated carbocycles. The fraction of sp³-hybridized carbons (Fsp3) is 0.118. The maximum Gasteiger partial charge on any atom is 4.00 e. The van der Waals surface area contributed by atoms with Crippen LogP contribution in [0, 0.1) is 0 Å². The van der Waals surface area contributed by atoms with Gasteiger partial charge in [-0.15, -0.1) is 72.5 Å². The molecule has 0 spiro atoms. The van der Waals surface area contributed by atoms with Gasteiger partial charge in [-0.1, -0.05) is 97.0 Å². The molecular weight excluding hydrogens is 560 g/mol. The summed E-state index contributed by atoms with van der Waals surface area (Å²) in [6.07, 6.45) is 0. The Balaban J connectivity index is 0.000000259. The molecule has 0 saturated heterocycles. The maximum atomic E-state index is 8.93. The molecular formula is C34H34O2SiZr. The van der Waals surface area contributed by atoms with E-state index in [1.165, 1.54) is 31.9 Å². The molecule has 0 aromatic heterocycles. The Kier molecular flexibility index (Phi) is 18.4. The van der Waals surface area contributed by atoms with Gasteiger partial charge in [0.2, 0.25) is 0 Å². The molecule has 190 valence electrons. The van der Waals surface area contributed by atoms with E-state index in [4.69, 9.17) is 10.2 Å². The second kappa shape index (κ2) is 21.1. The van der Waals surface area contributed by atoms with Gasteiger partial charge >= 0.3 is 26.2 Å². The number of rotatable bonds is 2. The molecule has 0 atom stereocenters. The Morgan fingerprint density at radius 2 is 0.816 bits per heavy atom. The minimum absolute atomic E-state index is 0. The summed E-state index contributed by atoms with van der Waals surface area (Å²) in [5.41, 5.74) is 0. The molecule has 0 amide bonds. The van der Waals surface area contributed by atoms with Gasteiger partial charge in [0.1, 0.15) is 9.52 Å². The standard InChI is InChI=1S/C12H10Si.2C9H7.2C2H5O.Zr/c1-3-7-11(8-4-1)13-12-9-5-2-6-10-12;2*1-2-5-9-7-3-6-8(9)4-1;2*1-2-3;/h1-10H;2*1-7H;2*2H2,1H3;/q;4*-1;+4. The Hall–Kier alpha value is -2.88. The molecule has 2 radical (unpaired) electrons. The SMILES string of the molecule is CC[O-].CC[O-].[Zr+4].c1ccc([Si]c2ccccc2)cc1.c1ccc2[cH-]ccc2c1.c1ccc2[cH-]ccc2c1. The van der Waals surface area contributed by atoms with Gasteiger partial charge in [-0.3, -0.25) is 0 Å². The fourth-order valence-corrected chi connectivity index (χ4v) is 4.40. The van der Waals surface area contributed by atoms with Crippen molar-refractivity contribution in [2.45, 2.75) is 13.8 Å². The Morgan fingerprint density at radius 3 is 1.16 bits per heavy atom. The molecule has 0 heterocycles. The predicted octanol–water partition coefficient (Wildman–Crippen LogP) is 5.19. The quantitative estimate of drug-likeness (QED) is 0.205. The van der Waals surface area contributed by atoms with Crippen molar-refractivity contribution in [3.8, 4) is 0 Å². The van der Waals surface area contributed by atoms with Crippen LogP contribution >= 0.6 is 0 Å². The molecule has 0 bridgehead atoms. The second-order valence-corrected chi connectivity index (χ2v) is 9.15. The van der Waals surface area contributed by atoms with E-state index in [2.05, 4.69) is 146 Å². The molecule has 38 heavy (non-hydrogen) atoms. The molecule has 0 aliphatic carbocycles. The summed E-state index contributed by atoms with van der Waals surface area (Å²) in [5.74, 6) is 0. The van der Waals surface area contributed by atoms with Gasteiger partial charge in [0.05, 0.1) is 0 Å². The summed E-state index contributed by atoms with van der Waals surface area (Å²) < 4.78 is 0. The number of benzene rings is 4. The van der Waals surface area contributed by atoms with Gasteiger partial charge in [-0.25, -0.2) is 0 Å². The smallest absolute Gasteiger partial charge is 0.855 e. The van der Waals surface area contributed by atoms with Crippen molar-refractivity contribution in [2.75, 3.05) is 13.2 Å². The van der Waals surface area contributed by atoms with Gasteiger partial charge in [-0.05, 0) is 0 Å². The molecule has 6 aromatic carbocycles. The number of hydrogen-bond donors (Lipinski definition) is 0. The zero-order valence-electron chi connectivity index (χ0n) is 22.1. The van der Waals surface area contributed by atoms with Gasteiger partial charge in [-0.2, -0.15) is 35.0 Å². The Bertz CT molecular complexity index is 1180. The van der Waals surface area contributed by atoms with Gasteiger partial charge < -0.3 is 10.2 Å². The molecule has 2 nitrogen and oxygen atoms in total. The van der Waals surface area contributed by atoms with Gasteiger partial charge in [0.25, 0.3) is 0 Å². The van der Waals surface area contributed by atoms with E-state index in [0.29, 0.717) is 0 Å². The van der Waals surface area contributed by atoms with Gasteiger partial charge in [0.15, 0.2) is 0 Å². The van der Waals surface area contributed by atoms with E-state index < -0.39 is 0 Å². The van der Waals surface area contributed by atoms with Crippen molar-refractivity contribution in [1.29, 1.82) is 0 Å². The minimum atomic E-state index is 0. The average Bonchev–Trinajstić information content (AvgIpc) is 3.61. The Morgan fingerprint density at radius 1 is 0.500 bits per heavy atom. The van der Waals surface area contributed by atoms with Crippen molar-refractivity contribution in [3.05, 3.63) is 146 Å². The molecule has 0 N–H and O–H groups in total. The second-order valence-electron chi connectivity index (χ2n) is 7.74. The summed E-state index contributed by atoms with van der Waals surface area (Å²) in [6.45, 7) is 3.14. The first-order valence-corrected chi connectivity index (χ1v) is 13.5. The van der Waals surface area contributed by atoms with Crippen LogP contribution in [0.1, 0.15) is 13.8 Å². The minimum Gasteiger partial charge on any atom is -0.855 e. The van der Waals surface area contributed by atoms with E-state index in [-0.39, 0.29) is 39.4 Å². The van der Waals surface area contributed by atoms with E-state index in [1.807, 2.05) is 0 Å². The van der Waals surface area contributed by atoms with Crippen molar-refractivity contribution in [1.82, 2.24) is 0 Å². The van der Waals surface area contributed by atoms with E-state index in [1.54, 1.807) is 13.8 Å². The first-order chi connectivity index (χ1) is 18.2. The number of hydrogen-bond acceptors (Lipinski definition) is 2. The van der Waals surface area contributed by atoms with Crippen LogP contribution in [0.25, 0.3) is 21.5 Å². The monoisotopic (exact) mass is 592 g/mol. The molecule has 0 unspecified atom stereocenters. The van der Waals surface area contributed by atoms with E-state index >= 15 is 0 Å². The summed E-state index contributed by atoms with van der Waals surface area (Å²) in [7, 11) is 0.777. The van der Waals surface area contributed by atoms with Crippen LogP contribution in [0.2, 0.25) is 0 Å². The van der Waals surface area contributed by atoms with Crippen LogP contribution in [0.15, 0.2) is 146 Å². The third-order valence-electron chi connectivity index (χ3n) is 4.93. The van der Waals surface area contributed by atoms with Crippen LogP contribution in [0.5, 0.6) is 0 Å². The topological polar surface area (TPSA) is 46.1 Å². The molecule has 4 heteroatoms. The maximum absolute atomic E-state index is 8.93. The Labute approximate surface area is 249 Å².